The van der Waals surface area contributed by atoms with E-state index in [0.29, 0.717) is 24.3 Å². The Kier molecular flexibility index (Phi) is 7.71. The van der Waals surface area contributed by atoms with E-state index in [0.717, 1.165) is 6.07 Å². The Balaban J connectivity index is 1.93. The van der Waals surface area contributed by atoms with Crippen molar-refractivity contribution < 1.29 is 41.3 Å². The standard InChI is InChI=1S/C24H23F4N5O5/c1-32-21(13-8-16(36-3)20(22(29)34)18(9-13)38-24(27)28)19-15(31-32)6-12(7-17(19)37-23(25)26)14-10-30-33(11-14)4-5-35-2/h6-11,23-24H,4-5H2,1-3H3,(H2,29,34). The number of halogens is 4. The summed E-state index contributed by atoms with van der Waals surface area (Å²) in [5.41, 5.74) is 6.74. The topological polar surface area (TPSA) is 116 Å². The molecule has 0 aliphatic rings. The Morgan fingerprint density at radius 1 is 0.974 bits per heavy atom. The Morgan fingerprint density at radius 2 is 1.63 bits per heavy atom. The van der Waals surface area contributed by atoms with E-state index in [-0.39, 0.29) is 33.7 Å². The maximum Gasteiger partial charge on any atom is 0.387 e. The quantitative estimate of drug-likeness (QED) is 0.287. The van der Waals surface area contributed by atoms with Gasteiger partial charge in [0, 0.05) is 31.5 Å². The molecule has 1 amide bonds. The van der Waals surface area contributed by atoms with E-state index in [1.54, 1.807) is 30.3 Å². The minimum Gasteiger partial charge on any atom is -0.496 e. The van der Waals surface area contributed by atoms with Crippen LogP contribution in [-0.2, 0) is 18.3 Å². The molecule has 0 radical (unpaired) electrons. The first-order chi connectivity index (χ1) is 18.1. The van der Waals surface area contributed by atoms with E-state index in [4.69, 9.17) is 19.9 Å². The predicted octanol–water partition coefficient (Wildman–Crippen LogP) is 4.06. The van der Waals surface area contributed by atoms with Crippen LogP contribution in [0.5, 0.6) is 17.2 Å². The number of rotatable bonds is 11. The summed E-state index contributed by atoms with van der Waals surface area (Å²) < 4.78 is 75.9. The number of hydrogen-bond donors (Lipinski definition) is 1. The molecule has 14 heteroatoms. The molecule has 0 saturated carbocycles. The van der Waals surface area contributed by atoms with Gasteiger partial charge in [-0.15, -0.1) is 0 Å². The van der Waals surface area contributed by atoms with E-state index < -0.39 is 30.4 Å². The minimum absolute atomic E-state index is 0.156. The molecule has 2 N–H and O–H groups in total. The van der Waals surface area contributed by atoms with Crippen molar-refractivity contribution in [1.29, 1.82) is 0 Å². The molecule has 0 atom stereocenters. The summed E-state index contributed by atoms with van der Waals surface area (Å²) in [4.78, 5) is 12.0. The molecule has 0 bridgehead atoms. The van der Waals surface area contributed by atoms with Gasteiger partial charge >= 0.3 is 13.2 Å². The number of nitrogens with zero attached hydrogens (tertiary/aromatic N) is 4. The summed E-state index contributed by atoms with van der Waals surface area (Å²) in [6.45, 7) is -5.53. The molecule has 0 fully saturated rings. The second-order valence-corrected chi connectivity index (χ2v) is 8.00. The van der Waals surface area contributed by atoms with Crippen molar-refractivity contribution in [2.45, 2.75) is 19.8 Å². The van der Waals surface area contributed by atoms with Crippen LogP contribution < -0.4 is 19.9 Å². The van der Waals surface area contributed by atoms with Crippen LogP contribution in [0.2, 0.25) is 0 Å². The Bertz CT molecular complexity index is 1470. The fraction of sp³-hybridized carbons (Fsp3) is 0.292. The average Bonchev–Trinajstić information content (AvgIpc) is 3.45. The van der Waals surface area contributed by atoms with Crippen LogP contribution >= 0.6 is 0 Å². The lowest BCUT2D eigenvalue weighted by molar-refractivity contribution is -0.0505. The Morgan fingerprint density at radius 3 is 2.26 bits per heavy atom. The lowest BCUT2D eigenvalue weighted by Gasteiger charge is -2.16. The highest BCUT2D eigenvalue weighted by Gasteiger charge is 2.25. The molecule has 0 spiro atoms. The third-order valence-corrected chi connectivity index (χ3v) is 5.63. The van der Waals surface area contributed by atoms with Crippen molar-refractivity contribution >= 4 is 16.8 Å². The van der Waals surface area contributed by atoms with Crippen molar-refractivity contribution in [1.82, 2.24) is 19.6 Å². The fourth-order valence-corrected chi connectivity index (χ4v) is 4.12. The number of hydrogen-bond acceptors (Lipinski definition) is 7. The van der Waals surface area contributed by atoms with Crippen LogP contribution in [0, 0.1) is 0 Å². The zero-order valence-electron chi connectivity index (χ0n) is 20.5. The van der Waals surface area contributed by atoms with Crippen LogP contribution in [0.15, 0.2) is 36.7 Å². The number of aromatic nitrogens is 4. The summed E-state index contributed by atoms with van der Waals surface area (Å²) in [6.07, 6.45) is 3.28. The number of nitrogens with two attached hydrogens (primary N) is 1. The summed E-state index contributed by atoms with van der Waals surface area (Å²) in [7, 11) is 4.31. The van der Waals surface area contributed by atoms with Gasteiger partial charge in [0.2, 0.25) is 0 Å². The number of benzene rings is 2. The highest BCUT2D eigenvalue weighted by atomic mass is 19.3. The number of alkyl halides is 4. The molecule has 4 aromatic rings. The molecule has 2 heterocycles. The van der Waals surface area contributed by atoms with Crippen molar-refractivity contribution in [3.8, 4) is 39.6 Å². The molecular formula is C24H23F4N5O5. The first-order valence-electron chi connectivity index (χ1n) is 11.1. The molecule has 10 nitrogen and oxygen atoms in total. The Hall–Kier alpha value is -4.33. The molecule has 0 saturated heterocycles. The first kappa shape index (κ1) is 26.7. The molecule has 2 aromatic carbocycles. The second-order valence-electron chi connectivity index (χ2n) is 8.00. The van der Waals surface area contributed by atoms with Gasteiger partial charge in [0.15, 0.2) is 0 Å². The van der Waals surface area contributed by atoms with Crippen LogP contribution in [0.4, 0.5) is 17.6 Å². The van der Waals surface area contributed by atoms with Crippen LogP contribution in [-0.4, -0.2) is 59.5 Å². The minimum atomic E-state index is -3.28. The van der Waals surface area contributed by atoms with Gasteiger partial charge < -0.3 is 24.7 Å². The normalized spacial score (nSPS) is 11.5. The molecule has 0 unspecified atom stereocenters. The van der Waals surface area contributed by atoms with Gasteiger partial charge in [-0.25, -0.2) is 0 Å². The van der Waals surface area contributed by atoms with Gasteiger partial charge in [0.1, 0.15) is 22.8 Å². The first-order valence-corrected chi connectivity index (χ1v) is 11.1. The van der Waals surface area contributed by atoms with Gasteiger partial charge in [0.05, 0.1) is 43.1 Å². The number of primary amides is 1. The summed E-state index contributed by atoms with van der Waals surface area (Å²) in [5.74, 6) is -1.98. The zero-order valence-corrected chi connectivity index (χ0v) is 20.5. The highest BCUT2D eigenvalue weighted by molar-refractivity contribution is 6.03. The third kappa shape index (κ3) is 5.34. The van der Waals surface area contributed by atoms with E-state index in [1.807, 2.05) is 0 Å². The van der Waals surface area contributed by atoms with Crippen molar-refractivity contribution in [3.05, 3.63) is 42.2 Å². The second kappa shape index (κ2) is 11.0. The lowest BCUT2D eigenvalue weighted by atomic mass is 10.0. The van der Waals surface area contributed by atoms with Gasteiger partial charge in [-0.3, -0.25) is 14.2 Å². The van der Waals surface area contributed by atoms with Crippen molar-refractivity contribution in [3.63, 3.8) is 0 Å². The number of ether oxygens (including phenoxy) is 4. The average molecular weight is 537 g/mol. The number of amides is 1. The number of carbonyl (C=O) groups excluding carboxylic acids is 1. The van der Waals surface area contributed by atoms with Gasteiger partial charge in [0.25, 0.3) is 5.91 Å². The molecule has 38 heavy (non-hydrogen) atoms. The molecule has 0 aliphatic heterocycles. The summed E-state index contributed by atoms with van der Waals surface area (Å²) in [5, 5.41) is 8.83. The molecule has 4 rings (SSSR count). The summed E-state index contributed by atoms with van der Waals surface area (Å²) in [6, 6.07) is 5.53. The molecular weight excluding hydrogens is 514 g/mol. The maximum atomic E-state index is 13.5. The van der Waals surface area contributed by atoms with Crippen molar-refractivity contribution in [2.75, 3.05) is 20.8 Å². The van der Waals surface area contributed by atoms with Gasteiger partial charge in [-0.05, 0) is 29.8 Å². The Labute approximate surface area is 213 Å². The molecule has 2 aromatic heterocycles. The lowest BCUT2D eigenvalue weighted by Crippen LogP contribution is -2.16. The maximum absolute atomic E-state index is 13.5. The monoisotopic (exact) mass is 537 g/mol. The van der Waals surface area contributed by atoms with Crippen LogP contribution in [0.3, 0.4) is 0 Å². The number of methoxy groups -OCH3 is 2. The highest BCUT2D eigenvalue weighted by Crippen LogP contribution is 2.42. The molecule has 0 aliphatic carbocycles. The fourth-order valence-electron chi connectivity index (χ4n) is 4.12. The smallest absolute Gasteiger partial charge is 0.387 e. The van der Waals surface area contributed by atoms with E-state index in [2.05, 4.69) is 14.9 Å². The van der Waals surface area contributed by atoms with Crippen LogP contribution in [0.1, 0.15) is 10.4 Å². The number of carbonyl (C=O) groups is 1. The van der Waals surface area contributed by atoms with E-state index in [1.165, 1.54) is 31.0 Å². The van der Waals surface area contributed by atoms with Crippen molar-refractivity contribution in [2.24, 2.45) is 12.8 Å². The van der Waals surface area contributed by atoms with Gasteiger partial charge in [-0.2, -0.15) is 27.8 Å². The number of fused-ring (bicyclic) bond motifs is 1. The van der Waals surface area contributed by atoms with E-state index >= 15 is 0 Å². The molecule has 202 valence electrons. The zero-order chi connectivity index (χ0) is 27.6. The van der Waals surface area contributed by atoms with Crippen LogP contribution in [0.25, 0.3) is 33.3 Å². The third-order valence-electron chi connectivity index (χ3n) is 5.63. The SMILES string of the molecule is COCCn1cc(-c2cc(OC(F)F)c3c(-c4cc(OC)c(C(N)=O)c(OC(F)F)c4)n(C)nc3c2)cn1. The van der Waals surface area contributed by atoms with E-state index in [9.17, 15) is 22.4 Å². The largest absolute Gasteiger partial charge is 0.496 e. The summed E-state index contributed by atoms with van der Waals surface area (Å²) >= 11 is 0. The number of aryl methyl sites for hydroxylation is 1. The predicted molar refractivity (Wildman–Crippen MR) is 128 cm³/mol. The van der Waals surface area contributed by atoms with Gasteiger partial charge in [-0.1, -0.05) is 0 Å².